The van der Waals surface area contributed by atoms with Crippen LogP contribution in [-0.2, 0) is 20.9 Å². The molecule has 0 bridgehead atoms. The molecule has 0 unspecified atom stereocenters. The zero-order valence-corrected chi connectivity index (χ0v) is 17.1. The fourth-order valence-corrected chi connectivity index (χ4v) is 3.08. The molecular weight excluding hydrogens is 356 g/mol. The van der Waals surface area contributed by atoms with Crippen LogP contribution in [0.15, 0.2) is 30.3 Å². The van der Waals surface area contributed by atoms with Crippen LogP contribution in [0.2, 0.25) is 0 Å². The molecule has 1 amide bonds. The number of aryl methyl sites for hydroxylation is 4. The molecule has 0 spiro atoms. The molecule has 2 aromatic carbocycles. The van der Waals surface area contributed by atoms with E-state index in [1.807, 2.05) is 58.0 Å². The summed E-state index contributed by atoms with van der Waals surface area (Å²) in [6.45, 7) is 8.46. The maximum Gasteiger partial charge on any atom is 0.343 e. The van der Waals surface area contributed by atoms with Gasteiger partial charge in [0.1, 0.15) is 5.75 Å². The minimum absolute atomic E-state index is 0.0797. The third-order valence-electron chi connectivity index (χ3n) is 4.44. The lowest BCUT2D eigenvalue weighted by atomic mass is 10.1. The number of rotatable bonds is 8. The first-order chi connectivity index (χ1) is 13.3. The molecule has 2 aromatic rings. The van der Waals surface area contributed by atoms with Gasteiger partial charge in [0.25, 0.3) is 0 Å². The van der Waals surface area contributed by atoms with Crippen molar-refractivity contribution in [3.8, 4) is 5.75 Å². The van der Waals surface area contributed by atoms with E-state index in [9.17, 15) is 9.59 Å². The van der Waals surface area contributed by atoms with Crippen molar-refractivity contribution in [2.24, 2.45) is 0 Å². The molecule has 6 nitrogen and oxygen atoms in total. The fourth-order valence-electron chi connectivity index (χ4n) is 3.08. The summed E-state index contributed by atoms with van der Waals surface area (Å²) < 4.78 is 10.1. The Morgan fingerprint density at radius 2 is 1.57 bits per heavy atom. The average Bonchev–Trinajstić information content (AvgIpc) is 2.64. The van der Waals surface area contributed by atoms with Crippen LogP contribution < -0.4 is 15.4 Å². The minimum atomic E-state index is -0.417. The second-order valence-corrected chi connectivity index (χ2v) is 6.84. The second kappa shape index (κ2) is 9.90. The molecule has 2 rings (SSSR count). The summed E-state index contributed by atoms with van der Waals surface area (Å²) in [4.78, 5) is 23.5. The van der Waals surface area contributed by atoms with Gasteiger partial charge in [-0.3, -0.25) is 4.79 Å². The number of nitrogens with one attached hydrogen (secondary N) is 2. The highest BCUT2D eigenvalue weighted by Crippen LogP contribution is 2.25. The van der Waals surface area contributed by atoms with Gasteiger partial charge in [-0.2, -0.15) is 0 Å². The lowest BCUT2D eigenvalue weighted by Crippen LogP contribution is -2.28. The Morgan fingerprint density at radius 3 is 2.14 bits per heavy atom. The van der Waals surface area contributed by atoms with Crippen LogP contribution in [0.5, 0.6) is 5.75 Å². The van der Waals surface area contributed by atoms with Gasteiger partial charge in [-0.25, -0.2) is 4.79 Å². The molecule has 6 heteroatoms. The van der Waals surface area contributed by atoms with E-state index in [-0.39, 0.29) is 19.1 Å². The lowest BCUT2D eigenvalue weighted by Gasteiger charge is -2.14. The predicted molar refractivity (Wildman–Crippen MR) is 110 cm³/mol. The van der Waals surface area contributed by atoms with Crippen molar-refractivity contribution < 1.29 is 19.1 Å². The summed E-state index contributed by atoms with van der Waals surface area (Å²) >= 11 is 0. The van der Waals surface area contributed by atoms with Gasteiger partial charge < -0.3 is 20.1 Å². The number of para-hydroxylation sites is 1. The number of carbonyl (C=O) groups is 2. The molecule has 0 aromatic heterocycles. The number of hydrogen-bond donors (Lipinski definition) is 2. The van der Waals surface area contributed by atoms with Crippen molar-refractivity contribution in [2.45, 2.75) is 34.2 Å². The summed E-state index contributed by atoms with van der Waals surface area (Å²) in [7, 11) is 1.33. The van der Waals surface area contributed by atoms with Gasteiger partial charge in [0, 0.05) is 12.2 Å². The number of amides is 1. The Kier molecular flexibility index (Phi) is 7.58. The van der Waals surface area contributed by atoms with E-state index < -0.39 is 5.97 Å². The summed E-state index contributed by atoms with van der Waals surface area (Å²) in [6.07, 6.45) is 0. The van der Waals surface area contributed by atoms with Crippen molar-refractivity contribution in [1.29, 1.82) is 0 Å². The molecule has 2 N–H and O–H groups in total. The summed E-state index contributed by atoms with van der Waals surface area (Å²) in [5, 5.41) is 6.13. The molecule has 0 saturated carbocycles. The third kappa shape index (κ3) is 5.82. The molecule has 0 radical (unpaired) electrons. The quantitative estimate of drug-likeness (QED) is 0.684. The number of hydrogen-bond acceptors (Lipinski definition) is 5. The van der Waals surface area contributed by atoms with E-state index in [4.69, 9.17) is 4.74 Å². The van der Waals surface area contributed by atoms with Gasteiger partial charge in [-0.15, -0.1) is 0 Å². The number of methoxy groups -OCH3 is 1. The molecule has 0 aliphatic carbocycles. The molecule has 0 aliphatic heterocycles. The van der Waals surface area contributed by atoms with E-state index in [1.54, 1.807) is 0 Å². The van der Waals surface area contributed by atoms with Gasteiger partial charge in [0.05, 0.1) is 13.7 Å². The molecule has 150 valence electrons. The number of anilines is 1. The zero-order chi connectivity index (χ0) is 20.7. The molecule has 28 heavy (non-hydrogen) atoms. The summed E-state index contributed by atoms with van der Waals surface area (Å²) in [6, 6.07) is 9.89. The average molecular weight is 384 g/mol. The largest absolute Gasteiger partial charge is 0.481 e. The molecular formula is C22H28N2O4. The lowest BCUT2D eigenvalue weighted by molar-refractivity contribution is -0.142. The summed E-state index contributed by atoms with van der Waals surface area (Å²) in [5.74, 6) is 0.185. The fraction of sp³-hybridized carbons (Fsp3) is 0.364. The molecule has 0 atom stereocenters. The van der Waals surface area contributed by atoms with Gasteiger partial charge in [-0.1, -0.05) is 30.3 Å². The van der Waals surface area contributed by atoms with Crippen LogP contribution >= 0.6 is 0 Å². The number of carbonyl (C=O) groups excluding carboxylic acids is 2. The van der Waals surface area contributed by atoms with E-state index in [0.717, 1.165) is 33.5 Å². The van der Waals surface area contributed by atoms with Crippen LogP contribution in [-0.4, -0.2) is 32.1 Å². The second-order valence-electron chi connectivity index (χ2n) is 6.84. The Labute approximate surface area is 166 Å². The Hall–Kier alpha value is -2.86. The SMILES string of the molecule is COC(=O)COc1c(C)cc(CNCC(=O)Nc2c(C)cccc2C)cc1C. The zero-order valence-electron chi connectivity index (χ0n) is 17.1. The molecule has 0 fully saturated rings. The third-order valence-corrected chi connectivity index (χ3v) is 4.44. The highest BCUT2D eigenvalue weighted by Gasteiger charge is 2.10. The highest BCUT2D eigenvalue weighted by molar-refractivity contribution is 5.93. The first kappa shape index (κ1) is 21.4. The molecule has 0 heterocycles. The van der Waals surface area contributed by atoms with Gasteiger partial charge in [0.15, 0.2) is 6.61 Å². The van der Waals surface area contributed by atoms with E-state index in [2.05, 4.69) is 15.4 Å². The predicted octanol–water partition coefficient (Wildman–Crippen LogP) is 3.20. The topological polar surface area (TPSA) is 76.7 Å². The van der Waals surface area contributed by atoms with Crippen molar-refractivity contribution >= 4 is 17.6 Å². The van der Waals surface area contributed by atoms with Crippen LogP contribution in [0.1, 0.15) is 27.8 Å². The molecule has 0 aliphatic rings. The number of benzene rings is 2. The smallest absolute Gasteiger partial charge is 0.343 e. The Bertz CT molecular complexity index is 818. The van der Waals surface area contributed by atoms with Crippen molar-refractivity contribution in [3.63, 3.8) is 0 Å². The summed E-state index contributed by atoms with van der Waals surface area (Å²) in [5.41, 5.74) is 5.86. The van der Waals surface area contributed by atoms with Crippen molar-refractivity contribution in [2.75, 3.05) is 25.6 Å². The number of ether oxygens (including phenoxy) is 2. The van der Waals surface area contributed by atoms with E-state index in [0.29, 0.717) is 12.3 Å². The highest BCUT2D eigenvalue weighted by atomic mass is 16.6. The van der Waals surface area contributed by atoms with Crippen LogP contribution in [0.3, 0.4) is 0 Å². The molecule has 0 saturated heterocycles. The van der Waals surface area contributed by atoms with Gasteiger partial charge in [0.2, 0.25) is 5.91 Å². The van der Waals surface area contributed by atoms with E-state index >= 15 is 0 Å². The van der Waals surface area contributed by atoms with Crippen LogP contribution in [0.25, 0.3) is 0 Å². The Morgan fingerprint density at radius 1 is 0.964 bits per heavy atom. The maximum absolute atomic E-state index is 12.2. The van der Waals surface area contributed by atoms with Crippen LogP contribution in [0.4, 0.5) is 5.69 Å². The minimum Gasteiger partial charge on any atom is -0.481 e. The first-order valence-electron chi connectivity index (χ1n) is 9.18. The van der Waals surface area contributed by atoms with Crippen molar-refractivity contribution in [1.82, 2.24) is 5.32 Å². The number of esters is 1. The van der Waals surface area contributed by atoms with Crippen LogP contribution in [0, 0.1) is 27.7 Å². The van der Waals surface area contributed by atoms with Gasteiger partial charge >= 0.3 is 5.97 Å². The van der Waals surface area contributed by atoms with Gasteiger partial charge in [-0.05, 0) is 55.5 Å². The Balaban J connectivity index is 1.90. The van der Waals surface area contributed by atoms with E-state index in [1.165, 1.54) is 7.11 Å². The monoisotopic (exact) mass is 384 g/mol. The standard InChI is InChI=1S/C22H28N2O4/c1-14-7-6-8-15(2)21(14)24-19(25)12-23-11-18-9-16(3)22(17(4)10-18)28-13-20(26)27-5/h6-10,23H,11-13H2,1-5H3,(H,24,25). The normalized spacial score (nSPS) is 10.5. The van der Waals surface area contributed by atoms with Crippen molar-refractivity contribution in [3.05, 3.63) is 58.1 Å². The maximum atomic E-state index is 12.2. The first-order valence-corrected chi connectivity index (χ1v) is 9.18.